The van der Waals surface area contributed by atoms with E-state index in [-0.39, 0.29) is 18.5 Å². The number of unbranched alkanes of at least 4 members (excludes halogenated alkanes) is 56. The largest absolute Gasteiger partial charge is 0.466 e. The predicted molar refractivity (Wildman–Crippen MR) is 379 cm³/mol. The maximum absolute atomic E-state index is 12.5. The summed E-state index contributed by atoms with van der Waals surface area (Å²) >= 11 is 0. The number of rotatable bonds is 73. The molecule has 506 valence electrons. The lowest BCUT2D eigenvalue weighted by Crippen LogP contribution is -2.45. The molecule has 0 radical (unpaired) electrons. The highest BCUT2D eigenvalue weighted by atomic mass is 16.5. The summed E-state index contributed by atoms with van der Waals surface area (Å²) < 4.78 is 5.50. The molecule has 0 aromatic rings. The second-order valence-corrected chi connectivity index (χ2v) is 26.7. The summed E-state index contributed by atoms with van der Waals surface area (Å²) in [5.74, 6) is -0.0591. The summed E-state index contributed by atoms with van der Waals surface area (Å²) in [6, 6.07) is -0.633. The van der Waals surface area contributed by atoms with E-state index >= 15 is 0 Å². The first-order valence-corrected chi connectivity index (χ1v) is 38.9. The molecule has 0 fully saturated rings. The van der Waals surface area contributed by atoms with Gasteiger partial charge in [0.1, 0.15) is 0 Å². The van der Waals surface area contributed by atoms with Crippen molar-refractivity contribution >= 4 is 11.9 Å². The quantitative estimate of drug-likeness (QED) is 0.0320. The number of amides is 1. The van der Waals surface area contributed by atoms with Gasteiger partial charge in [-0.15, -0.1) is 0 Å². The van der Waals surface area contributed by atoms with Gasteiger partial charge < -0.3 is 20.3 Å². The van der Waals surface area contributed by atoms with Crippen LogP contribution in [-0.2, 0) is 14.3 Å². The van der Waals surface area contributed by atoms with Crippen LogP contribution in [0.25, 0.3) is 0 Å². The van der Waals surface area contributed by atoms with Crippen molar-refractivity contribution in [3.63, 3.8) is 0 Å². The molecule has 0 aromatic heterocycles. The molecule has 0 rings (SSSR count). The average Bonchev–Trinajstić information content (AvgIpc) is 3.54. The Morgan fingerprint density at radius 3 is 0.895 bits per heavy atom. The molecule has 6 nitrogen and oxygen atoms in total. The highest BCUT2D eigenvalue weighted by Gasteiger charge is 2.18. The lowest BCUT2D eigenvalue weighted by molar-refractivity contribution is -0.143. The highest BCUT2D eigenvalue weighted by molar-refractivity contribution is 5.76. The molecule has 2 unspecified atom stereocenters. The van der Waals surface area contributed by atoms with Gasteiger partial charge in [0.15, 0.2) is 0 Å². The Morgan fingerprint density at radius 2 is 0.581 bits per heavy atom. The summed E-state index contributed by atoms with van der Waals surface area (Å²) in [6.45, 7) is 4.94. The van der Waals surface area contributed by atoms with Gasteiger partial charge in [-0.1, -0.05) is 371 Å². The van der Waals surface area contributed by atoms with E-state index in [9.17, 15) is 19.8 Å². The third-order valence-electron chi connectivity index (χ3n) is 18.1. The topological polar surface area (TPSA) is 95.9 Å². The van der Waals surface area contributed by atoms with Gasteiger partial charge in [0.05, 0.1) is 25.4 Å². The number of allylic oxidation sites excluding steroid dienone is 7. The number of carbonyl (C=O) groups is 2. The van der Waals surface area contributed by atoms with Gasteiger partial charge >= 0.3 is 5.97 Å². The van der Waals surface area contributed by atoms with E-state index in [1.54, 1.807) is 6.08 Å². The van der Waals surface area contributed by atoms with Gasteiger partial charge in [0.2, 0.25) is 5.91 Å². The van der Waals surface area contributed by atoms with Crippen LogP contribution < -0.4 is 5.32 Å². The Balaban J connectivity index is 3.44. The number of aliphatic hydroxyl groups excluding tert-OH is 2. The number of carbonyl (C=O) groups excluding carboxylic acids is 2. The molecule has 0 aliphatic heterocycles. The minimum Gasteiger partial charge on any atom is -0.466 e. The summed E-state index contributed by atoms with van der Waals surface area (Å²) in [5.41, 5.74) is 0. The summed E-state index contributed by atoms with van der Waals surface area (Å²) in [7, 11) is 0. The lowest BCUT2D eigenvalue weighted by Gasteiger charge is -2.20. The zero-order valence-corrected chi connectivity index (χ0v) is 58.1. The second-order valence-electron chi connectivity index (χ2n) is 26.7. The van der Waals surface area contributed by atoms with Crippen LogP contribution in [0.1, 0.15) is 425 Å². The van der Waals surface area contributed by atoms with E-state index in [0.29, 0.717) is 19.4 Å². The van der Waals surface area contributed by atoms with Gasteiger partial charge in [-0.05, 0) is 89.9 Å². The smallest absolute Gasteiger partial charge is 0.305 e. The van der Waals surface area contributed by atoms with Gasteiger partial charge in [-0.25, -0.2) is 0 Å². The Labute approximate surface area is 537 Å². The van der Waals surface area contributed by atoms with Crippen LogP contribution in [0.4, 0.5) is 0 Å². The van der Waals surface area contributed by atoms with Crippen molar-refractivity contribution in [2.45, 2.75) is 437 Å². The molecule has 0 aliphatic carbocycles. The first kappa shape index (κ1) is 83.8. The normalized spacial score (nSPS) is 12.7. The molecule has 0 saturated carbocycles. The molecule has 0 heterocycles. The van der Waals surface area contributed by atoms with Gasteiger partial charge in [0, 0.05) is 12.8 Å². The molecule has 86 heavy (non-hydrogen) atoms. The van der Waals surface area contributed by atoms with Crippen LogP contribution in [-0.4, -0.2) is 47.4 Å². The third kappa shape index (κ3) is 70.9. The maximum atomic E-state index is 12.5. The molecule has 0 bridgehead atoms. The van der Waals surface area contributed by atoms with Crippen LogP contribution in [0.3, 0.4) is 0 Å². The maximum Gasteiger partial charge on any atom is 0.305 e. The van der Waals surface area contributed by atoms with Crippen LogP contribution in [0.15, 0.2) is 48.6 Å². The van der Waals surface area contributed by atoms with Crippen molar-refractivity contribution in [2.24, 2.45) is 0 Å². The first-order valence-electron chi connectivity index (χ1n) is 38.9. The Morgan fingerprint density at radius 1 is 0.326 bits per heavy atom. The summed E-state index contributed by atoms with van der Waals surface area (Å²) in [6.07, 6.45) is 99.3. The molecule has 2 atom stereocenters. The van der Waals surface area contributed by atoms with Crippen molar-refractivity contribution in [3.8, 4) is 0 Å². The minimum absolute atomic E-state index is 0.00793. The Hall–Kier alpha value is -2.18. The highest BCUT2D eigenvalue weighted by Crippen LogP contribution is 2.19. The summed E-state index contributed by atoms with van der Waals surface area (Å²) in [5, 5.41) is 23.3. The SMILES string of the molecule is CCCCCCCCC/C=C\CCCCCCCCCC(=O)OCCCCCCCCCCC/C=C\C/C=C\CCCCCCCCCCCCCC(=O)NC(CO)C(O)/C=C/CCCCCCCCCCCCCCCCCCCCCCCC. The minimum atomic E-state index is -0.849. The average molecular weight is 1210 g/mol. The van der Waals surface area contributed by atoms with E-state index in [1.165, 1.54) is 347 Å². The number of hydrogen-bond donors (Lipinski definition) is 3. The Bertz CT molecular complexity index is 1440. The monoisotopic (exact) mass is 1210 g/mol. The van der Waals surface area contributed by atoms with Crippen molar-refractivity contribution in [2.75, 3.05) is 13.2 Å². The number of esters is 1. The van der Waals surface area contributed by atoms with E-state index < -0.39 is 12.1 Å². The van der Waals surface area contributed by atoms with Crippen LogP contribution >= 0.6 is 0 Å². The molecular formula is C80H151NO5. The van der Waals surface area contributed by atoms with E-state index in [0.717, 1.165) is 51.4 Å². The van der Waals surface area contributed by atoms with E-state index in [1.807, 2.05) is 6.08 Å². The number of aliphatic hydroxyl groups is 2. The molecule has 6 heteroatoms. The lowest BCUT2D eigenvalue weighted by atomic mass is 10.0. The fourth-order valence-electron chi connectivity index (χ4n) is 12.1. The van der Waals surface area contributed by atoms with Crippen molar-refractivity contribution < 1.29 is 24.5 Å². The molecule has 0 aromatic carbocycles. The fourth-order valence-corrected chi connectivity index (χ4v) is 12.1. The molecule has 0 saturated heterocycles. The number of nitrogens with one attached hydrogen (secondary N) is 1. The zero-order chi connectivity index (χ0) is 62.0. The molecular weight excluding hydrogens is 1050 g/mol. The number of ether oxygens (including phenoxy) is 1. The first-order chi connectivity index (χ1) is 42.5. The second kappa shape index (κ2) is 75.3. The summed E-state index contributed by atoms with van der Waals surface area (Å²) in [4.78, 5) is 24.7. The molecule has 1 amide bonds. The van der Waals surface area contributed by atoms with Gasteiger partial charge in [-0.3, -0.25) is 9.59 Å². The standard InChI is InChI=1S/C80H151NO5/c1-3-5-7-9-11-13-15-17-19-21-23-24-25-31-34-37-40-44-48-52-56-60-64-68-72-78(83)77(76-82)81-79(84)73-69-65-61-57-53-49-45-41-38-35-32-29-27-26-28-30-33-36-39-43-47-51-55-59-63-67-71-75-86-80(85)74-70-66-62-58-54-50-46-42-22-20-18-16-14-12-10-8-6-4-2/h20,22,26-27,30,33,68,72,77-78,82-83H,3-19,21,23-25,28-29,31-32,34-67,69-71,73-76H2,1-2H3,(H,81,84)/b22-20-,27-26-,33-30-,72-68+. The molecule has 0 aliphatic rings. The van der Waals surface area contributed by atoms with E-state index in [4.69, 9.17) is 4.74 Å². The van der Waals surface area contributed by atoms with Crippen LogP contribution in [0.2, 0.25) is 0 Å². The van der Waals surface area contributed by atoms with Crippen molar-refractivity contribution in [1.29, 1.82) is 0 Å². The van der Waals surface area contributed by atoms with E-state index in [2.05, 4.69) is 55.6 Å². The predicted octanol–water partition coefficient (Wildman–Crippen LogP) is 25.6. The third-order valence-corrected chi connectivity index (χ3v) is 18.1. The van der Waals surface area contributed by atoms with Crippen LogP contribution in [0.5, 0.6) is 0 Å². The molecule has 3 N–H and O–H groups in total. The van der Waals surface area contributed by atoms with Crippen molar-refractivity contribution in [3.05, 3.63) is 48.6 Å². The van der Waals surface area contributed by atoms with Gasteiger partial charge in [-0.2, -0.15) is 0 Å². The van der Waals surface area contributed by atoms with Crippen molar-refractivity contribution in [1.82, 2.24) is 5.32 Å². The molecule has 0 spiro atoms. The fraction of sp³-hybridized carbons (Fsp3) is 0.875. The van der Waals surface area contributed by atoms with Crippen LogP contribution in [0, 0.1) is 0 Å². The zero-order valence-electron chi connectivity index (χ0n) is 58.1. The number of hydrogen-bond acceptors (Lipinski definition) is 5. The van der Waals surface area contributed by atoms with Gasteiger partial charge in [0.25, 0.3) is 0 Å². The Kier molecular flexibility index (Phi) is 73.4.